The van der Waals surface area contributed by atoms with Gasteiger partial charge in [-0.15, -0.1) is 0 Å². The summed E-state index contributed by atoms with van der Waals surface area (Å²) in [4.78, 5) is 8.55. The van der Waals surface area contributed by atoms with Crippen LogP contribution in [0.15, 0.2) is 6.07 Å². The van der Waals surface area contributed by atoms with E-state index in [0.29, 0.717) is 12.5 Å². The number of aromatic nitrogens is 2. The lowest BCUT2D eigenvalue weighted by molar-refractivity contribution is -0.144. The average Bonchev–Trinajstić information content (AvgIpc) is 2.38. The third-order valence-corrected chi connectivity index (χ3v) is 3.78. The van der Waals surface area contributed by atoms with Gasteiger partial charge in [-0.3, -0.25) is 0 Å². The maximum absolute atomic E-state index is 12.7. The first kappa shape index (κ1) is 15.4. The lowest BCUT2D eigenvalue weighted by Crippen LogP contribution is -2.28. The summed E-state index contributed by atoms with van der Waals surface area (Å²) in [6.45, 7) is 0.699. The predicted octanol–water partition coefficient (Wildman–Crippen LogP) is 4.17. The Morgan fingerprint density at radius 3 is 2.50 bits per heavy atom. The summed E-state index contributed by atoms with van der Waals surface area (Å²) in [5.41, 5.74) is 0. The van der Waals surface area contributed by atoms with Gasteiger partial charge in [-0.25, -0.2) is 9.97 Å². The first-order valence-electron chi connectivity index (χ1n) is 6.69. The summed E-state index contributed by atoms with van der Waals surface area (Å²) in [6.07, 6.45) is 1.29. The van der Waals surface area contributed by atoms with E-state index < -0.39 is 12.0 Å². The fourth-order valence-electron chi connectivity index (χ4n) is 2.58. The molecule has 2 rings (SSSR count). The van der Waals surface area contributed by atoms with Gasteiger partial charge in [0.25, 0.3) is 0 Å². The average molecular weight is 308 g/mol. The van der Waals surface area contributed by atoms with Crippen molar-refractivity contribution in [2.24, 2.45) is 5.92 Å². The first-order chi connectivity index (χ1) is 9.36. The van der Waals surface area contributed by atoms with Crippen molar-refractivity contribution in [3.05, 3.63) is 17.0 Å². The first-order valence-corrected chi connectivity index (χ1v) is 7.07. The van der Waals surface area contributed by atoms with E-state index in [2.05, 4.69) is 9.97 Å². The van der Waals surface area contributed by atoms with Gasteiger partial charge < -0.3 is 4.90 Å². The molecule has 0 N–H and O–H groups in total. The van der Waals surface area contributed by atoms with Gasteiger partial charge in [0.2, 0.25) is 5.82 Å². The van der Waals surface area contributed by atoms with Gasteiger partial charge >= 0.3 is 6.18 Å². The minimum Gasteiger partial charge on any atom is -0.359 e. The fourth-order valence-corrected chi connectivity index (χ4v) is 2.76. The molecule has 0 spiro atoms. The van der Waals surface area contributed by atoms with Gasteiger partial charge in [-0.2, -0.15) is 13.2 Å². The molecule has 1 aromatic heterocycles. The van der Waals surface area contributed by atoms with Crippen LogP contribution in [0, 0.1) is 5.92 Å². The molecule has 20 heavy (non-hydrogen) atoms. The molecule has 1 heterocycles. The number of hydrogen-bond acceptors (Lipinski definition) is 3. The maximum atomic E-state index is 12.7. The Hall–Kier alpha value is -1.04. The van der Waals surface area contributed by atoms with Gasteiger partial charge in [-0.1, -0.05) is 30.9 Å². The minimum absolute atomic E-state index is 0.183. The molecule has 0 aromatic carbocycles. The molecule has 1 aromatic rings. The van der Waals surface area contributed by atoms with Gasteiger partial charge in [0.1, 0.15) is 11.0 Å². The van der Waals surface area contributed by atoms with Crippen molar-refractivity contribution in [2.75, 3.05) is 18.5 Å². The Morgan fingerprint density at radius 1 is 1.25 bits per heavy atom. The monoisotopic (exact) mass is 307 g/mol. The molecule has 0 saturated heterocycles. The van der Waals surface area contributed by atoms with E-state index in [9.17, 15) is 13.2 Å². The lowest BCUT2D eigenvalue weighted by Gasteiger charge is -2.27. The van der Waals surface area contributed by atoms with Crippen LogP contribution in [0.4, 0.5) is 19.0 Å². The number of nitrogens with zero attached hydrogens (tertiary/aromatic N) is 3. The van der Waals surface area contributed by atoms with Crippen LogP contribution in [-0.2, 0) is 6.18 Å². The van der Waals surface area contributed by atoms with E-state index in [0.717, 1.165) is 12.8 Å². The van der Waals surface area contributed by atoms with E-state index >= 15 is 0 Å². The molecule has 0 bridgehead atoms. The molecule has 1 aliphatic rings. The van der Waals surface area contributed by atoms with Crippen molar-refractivity contribution >= 4 is 17.4 Å². The topological polar surface area (TPSA) is 29.0 Å². The van der Waals surface area contributed by atoms with E-state index in [1.807, 2.05) is 0 Å². The van der Waals surface area contributed by atoms with Crippen LogP contribution in [0.2, 0.25) is 5.15 Å². The van der Waals surface area contributed by atoms with Crippen molar-refractivity contribution in [2.45, 2.75) is 38.3 Å². The van der Waals surface area contributed by atoms with Gasteiger partial charge in [-0.05, 0) is 18.8 Å². The minimum atomic E-state index is -4.58. The summed E-state index contributed by atoms with van der Waals surface area (Å²) in [5.74, 6) is -0.449. The van der Waals surface area contributed by atoms with Crippen molar-refractivity contribution in [3.63, 3.8) is 0 Å². The highest BCUT2D eigenvalue weighted by Crippen LogP contribution is 2.30. The summed E-state index contributed by atoms with van der Waals surface area (Å²) in [6, 6.07) is 1.37. The van der Waals surface area contributed by atoms with Crippen LogP contribution in [-0.4, -0.2) is 23.6 Å². The highest BCUT2D eigenvalue weighted by molar-refractivity contribution is 6.29. The van der Waals surface area contributed by atoms with E-state index in [-0.39, 0.29) is 11.0 Å². The van der Waals surface area contributed by atoms with Crippen molar-refractivity contribution in [3.8, 4) is 0 Å². The second-order valence-electron chi connectivity index (χ2n) is 5.25. The van der Waals surface area contributed by atoms with Crippen LogP contribution < -0.4 is 4.90 Å². The van der Waals surface area contributed by atoms with Crippen molar-refractivity contribution < 1.29 is 13.2 Å². The summed E-state index contributed by atoms with van der Waals surface area (Å²) < 4.78 is 38.0. The summed E-state index contributed by atoms with van der Waals surface area (Å²) >= 11 is 5.67. The number of anilines is 1. The van der Waals surface area contributed by atoms with E-state index in [4.69, 9.17) is 11.6 Å². The normalized spacial score (nSPS) is 17.2. The van der Waals surface area contributed by atoms with E-state index in [1.54, 1.807) is 11.9 Å². The Kier molecular flexibility index (Phi) is 4.73. The third-order valence-electron chi connectivity index (χ3n) is 3.58. The Balaban J connectivity index is 2.12. The summed E-state index contributed by atoms with van der Waals surface area (Å²) in [7, 11) is 1.74. The zero-order valence-electron chi connectivity index (χ0n) is 11.3. The van der Waals surface area contributed by atoms with Crippen LogP contribution in [0.1, 0.15) is 37.9 Å². The standard InChI is InChI=1S/C13H17ClF3N3/c1-20(8-9-5-3-2-4-6-9)11-7-10(14)18-12(19-11)13(15,16)17/h7,9H,2-6,8H2,1H3. The zero-order valence-corrected chi connectivity index (χ0v) is 12.0. The molecule has 0 atom stereocenters. The Labute approximate surface area is 121 Å². The van der Waals surface area contributed by atoms with Gasteiger partial charge in [0, 0.05) is 19.7 Å². The van der Waals surface area contributed by atoms with Crippen LogP contribution >= 0.6 is 11.6 Å². The number of hydrogen-bond donors (Lipinski definition) is 0. The van der Waals surface area contributed by atoms with Crippen molar-refractivity contribution in [1.29, 1.82) is 0 Å². The van der Waals surface area contributed by atoms with Crippen molar-refractivity contribution in [1.82, 2.24) is 9.97 Å². The van der Waals surface area contributed by atoms with Crippen LogP contribution in [0.25, 0.3) is 0 Å². The molecule has 0 unspecified atom stereocenters. The molecule has 0 amide bonds. The predicted molar refractivity (Wildman–Crippen MR) is 71.9 cm³/mol. The molecular weight excluding hydrogens is 291 g/mol. The highest BCUT2D eigenvalue weighted by atomic mass is 35.5. The molecule has 7 heteroatoms. The number of rotatable bonds is 3. The molecule has 1 fully saturated rings. The third kappa shape index (κ3) is 3.98. The lowest BCUT2D eigenvalue weighted by atomic mass is 9.89. The van der Waals surface area contributed by atoms with Gasteiger partial charge in [0.15, 0.2) is 0 Å². The highest BCUT2D eigenvalue weighted by Gasteiger charge is 2.35. The smallest absolute Gasteiger partial charge is 0.359 e. The van der Waals surface area contributed by atoms with E-state index in [1.165, 1.54) is 25.3 Å². The second-order valence-corrected chi connectivity index (χ2v) is 5.64. The van der Waals surface area contributed by atoms with Gasteiger partial charge in [0.05, 0.1) is 0 Å². The SMILES string of the molecule is CN(CC1CCCCC1)c1cc(Cl)nc(C(F)(F)F)n1. The molecule has 1 saturated carbocycles. The number of halogens is 4. The molecule has 112 valence electrons. The molecule has 0 aliphatic heterocycles. The van der Waals surface area contributed by atoms with Crippen LogP contribution in [0.5, 0.6) is 0 Å². The fraction of sp³-hybridized carbons (Fsp3) is 0.692. The second kappa shape index (κ2) is 6.16. The molecular formula is C13H17ClF3N3. The van der Waals surface area contributed by atoms with Crippen LogP contribution in [0.3, 0.4) is 0 Å². The number of alkyl halides is 3. The quantitative estimate of drug-likeness (QED) is 0.785. The maximum Gasteiger partial charge on any atom is 0.451 e. The largest absolute Gasteiger partial charge is 0.451 e. The molecule has 3 nitrogen and oxygen atoms in total. The molecule has 1 aliphatic carbocycles. The zero-order chi connectivity index (χ0) is 14.8. The Morgan fingerprint density at radius 2 is 1.90 bits per heavy atom. The molecule has 0 radical (unpaired) electrons. The Bertz CT molecular complexity index is 459. The summed E-state index contributed by atoms with van der Waals surface area (Å²) in [5, 5.41) is -0.183.